The predicted molar refractivity (Wildman–Crippen MR) is 87.6 cm³/mol. The van der Waals surface area contributed by atoms with Crippen LogP contribution in [0, 0.1) is 0 Å². The molecule has 8 heteroatoms. The van der Waals surface area contributed by atoms with Crippen LogP contribution in [0.25, 0.3) is 0 Å². The van der Waals surface area contributed by atoms with Crippen LogP contribution in [0.3, 0.4) is 0 Å². The lowest BCUT2D eigenvalue weighted by molar-refractivity contribution is -0.121. The minimum atomic E-state index is -4.01. The van der Waals surface area contributed by atoms with Gasteiger partial charge in [0.05, 0.1) is 15.5 Å². The molecule has 23 heavy (non-hydrogen) atoms. The number of sulfone groups is 1. The molecular weight excluding hydrogens is 342 g/mol. The zero-order valence-corrected chi connectivity index (χ0v) is 14.7. The van der Waals surface area contributed by atoms with Crippen LogP contribution >= 0.6 is 11.6 Å². The third-order valence-corrected chi connectivity index (χ3v) is 6.05. The van der Waals surface area contributed by atoms with E-state index in [1.807, 2.05) is 13.8 Å². The summed E-state index contributed by atoms with van der Waals surface area (Å²) in [6.45, 7) is 5.07. The molecule has 0 spiro atoms. The molecule has 1 aromatic rings. The van der Waals surface area contributed by atoms with E-state index in [0.717, 1.165) is 6.07 Å². The van der Waals surface area contributed by atoms with Gasteiger partial charge in [-0.1, -0.05) is 25.4 Å². The second-order valence-electron chi connectivity index (χ2n) is 5.16. The Hall–Kier alpha value is -1.60. The lowest BCUT2D eigenvalue weighted by Crippen LogP contribution is -2.43. The zero-order valence-electron chi connectivity index (χ0n) is 13.2. The normalized spacial score (nSPS) is 12.9. The zero-order chi connectivity index (χ0) is 17.8. The van der Waals surface area contributed by atoms with E-state index in [2.05, 4.69) is 5.32 Å². The molecule has 0 aliphatic rings. The summed E-state index contributed by atoms with van der Waals surface area (Å²) in [7, 11) is -4.01. The van der Waals surface area contributed by atoms with E-state index >= 15 is 0 Å². The van der Waals surface area contributed by atoms with Crippen LogP contribution in [-0.4, -0.2) is 36.7 Å². The molecule has 0 unspecified atom stereocenters. The van der Waals surface area contributed by atoms with Gasteiger partial charge in [0.15, 0.2) is 9.84 Å². The van der Waals surface area contributed by atoms with Gasteiger partial charge in [0, 0.05) is 6.04 Å². The third-order valence-electron chi connectivity index (χ3n) is 3.66. The van der Waals surface area contributed by atoms with Gasteiger partial charge in [-0.25, -0.2) is 13.2 Å². The van der Waals surface area contributed by atoms with E-state index < -0.39 is 27.0 Å². The van der Waals surface area contributed by atoms with Crippen molar-refractivity contribution in [3.8, 4) is 0 Å². The standard InChI is InChI=1S/C15H20ClNO5S/c1-4-10(5-2)17-14(18)9(3)23(21,22)11-6-7-13(16)12(8-11)15(19)20/h6-10H,4-5H2,1-3H3,(H,17,18)(H,19,20)/t9-/m1/s1. The molecule has 0 bridgehead atoms. The summed E-state index contributed by atoms with van der Waals surface area (Å²) in [6, 6.07) is 3.27. The monoisotopic (exact) mass is 361 g/mol. The van der Waals surface area contributed by atoms with Crippen molar-refractivity contribution in [2.75, 3.05) is 0 Å². The molecule has 0 aliphatic carbocycles. The number of hydrogen-bond acceptors (Lipinski definition) is 4. The highest BCUT2D eigenvalue weighted by atomic mass is 35.5. The summed E-state index contributed by atoms with van der Waals surface area (Å²) < 4.78 is 25.0. The van der Waals surface area contributed by atoms with Crippen molar-refractivity contribution in [1.82, 2.24) is 5.32 Å². The average Bonchev–Trinajstić information content (AvgIpc) is 2.51. The molecule has 1 rings (SSSR count). The lowest BCUT2D eigenvalue weighted by Gasteiger charge is -2.19. The minimum absolute atomic E-state index is 0.0643. The first-order valence-corrected chi connectivity index (χ1v) is 9.14. The quantitative estimate of drug-likeness (QED) is 0.777. The molecule has 0 heterocycles. The molecule has 0 fully saturated rings. The van der Waals surface area contributed by atoms with Crippen LogP contribution < -0.4 is 5.32 Å². The minimum Gasteiger partial charge on any atom is -0.478 e. The van der Waals surface area contributed by atoms with Gasteiger partial charge < -0.3 is 10.4 Å². The van der Waals surface area contributed by atoms with Crippen molar-refractivity contribution >= 4 is 33.3 Å². The van der Waals surface area contributed by atoms with Crippen LogP contribution in [0.15, 0.2) is 23.1 Å². The number of nitrogens with one attached hydrogen (secondary N) is 1. The number of rotatable bonds is 7. The van der Waals surface area contributed by atoms with Crippen molar-refractivity contribution in [2.24, 2.45) is 0 Å². The van der Waals surface area contributed by atoms with E-state index in [-0.39, 0.29) is 21.5 Å². The van der Waals surface area contributed by atoms with Crippen molar-refractivity contribution < 1.29 is 23.1 Å². The Kier molecular flexibility index (Phi) is 6.58. The predicted octanol–water partition coefficient (Wildman–Crippen LogP) is 2.51. The van der Waals surface area contributed by atoms with Gasteiger partial charge in [-0.05, 0) is 38.0 Å². The number of aromatic carboxylic acids is 1. The van der Waals surface area contributed by atoms with E-state index in [1.54, 1.807) is 0 Å². The van der Waals surface area contributed by atoms with Crippen LogP contribution in [-0.2, 0) is 14.6 Å². The van der Waals surface area contributed by atoms with E-state index in [4.69, 9.17) is 16.7 Å². The number of hydrogen-bond donors (Lipinski definition) is 2. The Morgan fingerprint density at radius 3 is 2.30 bits per heavy atom. The van der Waals surface area contributed by atoms with E-state index in [0.29, 0.717) is 12.8 Å². The highest BCUT2D eigenvalue weighted by Crippen LogP contribution is 2.23. The second kappa shape index (κ2) is 7.79. The molecule has 1 aromatic carbocycles. The fraction of sp³-hybridized carbons (Fsp3) is 0.467. The number of carboxylic acid groups (broad SMARTS) is 1. The van der Waals surface area contributed by atoms with Crippen LogP contribution in [0.4, 0.5) is 0 Å². The molecule has 0 aromatic heterocycles. The Labute approximate surface area is 140 Å². The molecule has 2 N–H and O–H groups in total. The van der Waals surface area contributed by atoms with E-state index in [1.165, 1.54) is 19.1 Å². The number of carbonyl (C=O) groups excluding carboxylic acids is 1. The number of carboxylic acids is 1. The second-order valence-corrected chi connectivity index (χ2v) is 7.83. The van der Waals surface area contributed by atoms with Crippen molar-refractivity contribution in [3.05, 3.63) is 28.8 Å². The van der Waals surface area contributed by atoms with Crippen molar-refractivity contribution in [3.63, 3.8) is 0 Å². The maximum Gasteiger partial charge on any atom is 0.337 e. The van der Waals surface area contributed by atoms with Gasteiger partial charge >= 0.3 is 5.97 Å². The molecule has 0 saturated heterocycles. The van der Waals surface area contributed by atoms with Gasteiger partial charge in [0.1, 0.15) is 5.25 Å². The van der Waals surface area contributed by atoms with Crippen LogP contribution in [0.1, 0.15) is 44.0 Å². The number of benzene rings is 1. The van der Waals surface area contributed by atoms with Crippen LogP contribution in [0.2, 0.25) is 5.02 Å². The molecule has 0 saturated carbocycles. The molecule has 1 atom stereocenters. The van der Waals surface area contributed by atoms with Crippen molar-refractivity contribution in [1.29, 1.82) is 0 Å². The summed E-state index contributed by atoms with van der Waals surface area (Å²) in [6.07, 6.45) is 1.39. The third kappa shape index (κ3) is 4.45. The Morgan fingerprint density at radius 2 is 1.83 bits per heavy atom. The smallest absolute Gasteiger partial charge is 0.337 e. The van der Waals surface area contributed by atoms with Crippen LogP contribution in [0.5, 0.6) is 0 Å². The molecule has 0 aliphatic heterocycles. The first-order valence-electron chi connectivity index (χ1n) is 7.22. The summed E-state index contributed by atoms with van der Waals surface area (Å²) in [5.74, 6) is -1.94. The molecule has 0 radical (unpaired) electrons. The lowest BCUT2D eigenvalue weighted by atomic mass is 10.2. The van der Waals surface area contributed by atoms with Gasteiger partial charge in [0.25, 0.3) is 0 Å². The van der Waals surface area contributed by atoms with Gasteiger partial charge in [-0.15, -0.1) is 0 Å². The number of halogens is 1. The van der Waals surface area contributed by atoms with Gasteiger partial charge in [-0.2, -0.15) is 0 Å². The number of amides is 1. The van der Waals surface area contributed by atoms with Gasteiger partial charge in [-0.3, -0.25) is 4.79 Å². The largest absolute Gasteiger partial charge is 0.478 e. The average molecular weight is 362 g/mol. The molecule has 128 valence electrons. The van der Waals surface area contributed by atoms with Crippen molar-refractivity contribution in [2.45, 2.75) is 49.8 Å². The molecule has 6 nitrogen and oxygen atoms in total. The topological polar surface area (TPSA) is 101 Å². The SMILES string of the molecule is CCC(CC)NC(=O)[C@@H](C)S(=O)(=O)c1ccc(Cl)c(C(=O)O)c1. The Balaban J connectivity index is 3.13. The molecular formula is C15H20ClNO5S. The summed E-state index contributed by atoms with van der Waals surface area (Å²) in [4.78, 5) is 23.0. The first kappa shape index (κ1) is 19.4. The Morgan fingerprint density at radius 1 is 1.26 bits per heavy atom. The summed E-state index contributed by atoms with van der Waals surface area (Å²) in [5, 5.41) is 10.3. The Bertz CT molecular complexity index is 698. The highest BCUT2D eigenvalue weighted by molar-refractivity contribution is 7.92. The maximum atomic E-state index is 12.5. The summed E-state index contributed by atoms with van der Waals surface area (Å²) >= 11 is 5.73. The number of carbonyl (C=O) groups is 2. The maximum absolute atomic E-state index is 12.5. The van der Waals surface area contributed by atoms with E-state index in [9.17, 15) is 18.0 Å². The van der Waals surface area contributed by atoms with Gasteiger partial charge in [0.2, 0.25) is 5.91 Å². The highest BCUT2D eigenvalue weighted by Gasteiger charge is 2.31. The fourth-order valence-electron chi connectivity index (χ4n) is 2.00. The fourth-order valence-corrected chi connectivity index (χ4v) is 3.50. The summed E-state index contributed by atoms with van der Waals surface area (Å²) in [5.41, 5.74) is -0.319. The first-order chi connectivity index (χ1) is 10.6. The molecule has 1 amide bonds.